The van der Waals surface area contributed by atoms with E-state index in [0.717, 1.165) is 0 Å². The summed E-state index contributed by atoms with van der Waals surface area (Å²) >= 11 is 0. The van der Waals surface area contributed by atoms with Crippen molar-refractivity contribution in [2.24, 2.45) is 0 Å². The fourth-order valence-electron chi connectivity index (χ4n) is 2.58. The first-order chi connectivity index (χ1) is 11.9. The van der Waals surface area contributed by atoms with Crippen molar-refractivity contribution in [3.8, 4) is 5.88 Å². The zero-order valence-corrected chi connectivity index (χ0v) is 13.6. The van der Waals surface area contributed by atoms with Gasteiger partial charge in [-0.1, -0.05) is 12.1 Å². The fraction of sp³-hybridized carbons (Fsp3) is 0.176. The molecule has 2 heterocycles. The summed E-state index contributed by atoms with van der Waals surface area (Å²) in [7, 11) is 1.43. The van der Waals surface area contributed by atoms with Crippen LogP contribution >= 0.6 is 0 Å². The standard InChI is InChI=1S/C17H16N4O4/c1-17(15(23)20-16(24)21-17)10-5-3-6-11(9-10)19-13(22)12-7-4-8-18-14(12)25-2/h3-9H,1-2H3,(H,19,22)(H2,20,21,23,24)/t17-/m1/s1. The second kappa shape index (κ2) is 6.23. The Hall–Kier alpha value is -3.42. The number of hydrogen-bond donors (Lipinski definition) is 3. The van der Waals surface area contributed by atoms with Crippen LogP contribution in [-0.4, -0.2) is 29.9 Å². The molecule has 1 saturated heterocycles. The van der Waals surface area contributed by atoms with Crippen LogP contribution < -0.4 is 20.7 Å². The molecule has 1 aliphatic rings. The lowest BCUT2D eigenvalue weighted by Crippen LogP contribution is -2.40. The van der Waals surface area contributed by atoms with Gasteiger partial charge in [-0.15, -0.1) is 0 Å². The average Bonchev–Trinajstić information content (AvgIpc) is 2.88. The summed E-state index contributed by atoms with van der Waals surface area (Å²) in [4.78, 5) is 39.9. The second-order valence-corrected chi connectivity index (χ2v) is 5.63. The zero-order valence-electron chi connectivity index (χ0n) is 13.6. The highest BCUT2D eigenvalue weighted by atomic mass is 16.5. The van der Waals surface area contributed by atoms with E-state index >= 15 is 0 Å². The van der Waals surface area contributed by atoms with E-state index in [1.54, 1.807) is 43.3 Å². The summed E-state index contributed by atoms with van der Waals surface area (Å²) in [5.74, 6) is -0.632. The number of methoxy groups -OCH3 is 1. The highest BCUT2D eigenvalue weighted by molar-refractivity contribution is 6.08. The van der Waals surface area contributed by atoms with Crippen LogP contribution in [0.2, 0.25) is 0 Å². The molecule has 0 radical (unpaired) electrons. The SMILES string of the molecule is COc1ncccc1C(=O)Nc1cccc([C@@]2(C)NC(=O)NC2=O)c1. The van der Waals surface area contributed by atoms with Gasteiger partial charge < -0.3 is 15.4 Å². The lowest BCUT2D eigenvalue weighted by atomic mass is 9.92. The number of rotatable bonds is 4. The molecule has 3 rings (SSSR count). The third-order valence-electron chi connectivity index (χ3n) is 3.95. The van der Waals surface area contributed by atoms with Crippen LogP contribution in [-0.2, 0) is 10.3 Å². The molecule has 0 bridgehead atoms. The molecule has 25 heavy (non-hydrogen) atoms. The third-order valence-corrected chi connectivity index (χ3v) is 3.95. The Morgan fingerprint density at radius 2 is 2.04 bits per heavy atom. The Kier molecular flexibility index (Phi) is 4.10. The number of benzene rings is 1. The van der Waals surface area contributed by atoms with Crippen molar-refractivity contribution in [3.63, 3.8) is 0 Å². The fourth-order valence-corrected chi connectivity index (χ4v) is 2.58. The molecule has 128 valence electrons. The molecular formula is C17H16N4O4. The summed E-state index contributed by atoms with van der Waals surface area (Å²) in [6.07, 6.45) is 1.53. The molecule has 3 N–H and O–H groups in total. The summed E-state index contributed by atoms with van der Waals surface area (Å²) in [6, 6.07) is 9.38. The first-order valence-corrected chi connectivity index (χ1v) is 7.48. The highest BCUT2D eigenvalue weighted by Crippen LogP contribution is 2.27. The maximum absolute atomic E-state index is 12.4. The van der Waals surface area contributed by atoms with Gasteiger partial charge in [-0.3, -0.25) is 14.9 Å². The largest absolute Gasteiger partial charge is 0.480 e. The quantitative estimate of drug-likeness (QED) is 0.729. The number of nitrogens with one attached hydrogen (secondary N) is 3. The molecule has 1 aliphatic heterocycles. The summed E-state index contributed by atoms with van der Waals surface area (Å²) < 4.78 is 5.08. The molecule has 0 spiro atoms. The smallest absolute Gasteiger partial charge is 0.322 e. The molecule has 1 fully saturated rings. The van der Waals surface area contributed by atoms with Gasteiger partial charge in [-0.05, 0) is 36.8 Å². The van der Waals surface area contributed by atoms with Crippen molar-refractivity contribution in [3.05, 3.63) is 53.7 Å². The predicted molar refractivity (Wildman–Crippen MR) is 89.2 cm³/mol. The van der Waals surface area contributed by atoms with Gasteiger partial charge in [-0.2, -0.15) is 0 Å². The van der Waals surface area contributed by atoms with Crippen molar-refractivity contribution >= 4 is 23.5 Å². The van der Waals surface area contributed by atoms with Crippen LogP contribution in [0.3, 0.4) is 0 Å². The number of pyridine rings is 1. The normalized spacial score (nSPS) is 19.1. The number of carbonyl (C=O) groups excluding carboxylic acids is 3. The number of hydrogen-bond acceptors (Lipinski definition) is 5. The van der Waals surface area contributed by atoms with E-state index < -0.39 is 23.4 Å². The molecule has 0 saturated carbocycles. The monoisotopic (exact) mass is 340 g/mol. The molecule has 0 unspecified atom stereocenters. The summed E-state index contributed by atoms with van der Waals surface area (Å²) in [5, 5.41) is 7.53. The van der Waals surface area contributed by atoms with E-state index in [4.69, 9.17) is 4.74 Å². The number of anilines is 1. The number of aromatic nitrogens is 1. The molecule has 8 heteroatoms. The minimum atomic E-state index is -1.19. The van der Waals surface area contributed by atoms with Crippen molar-refractivity contribution in [1.82, 2.24) is 15.6 Å². The molecule has 4 amide bonds. The lowest BCUT2D eigenvalue weighted by molar-refractivity contribution is -0.123. The molecule has 1 aromatic heterocycles. The molecule has 2 aromatic rings. The Bertz CT molecular complexity index is 867. The van der Waals surface area contributed by atoms with E-state index in [0.29, 0.717) is 11.3 Å². The maximum atomic E-state index is 12.4. The summed E-state index contributed by atoms with van der Waals surface area (Å²) in [6.45, 7) is 1.60. The van der Waals surface area contributed by atoms with Crippen LogP contribution in [0.5, 0.6) is 5.88 Å². The van der Waals surface area contributed by atoms with Crippen LogP contribution in [0.25, 0.3) is 0 Å². The number of nitrogens with zero attached hydrogens (tertiary/aromatic N) is 1. The van der Waals surface area contributed by atoms with Gasteiger partial charge in [0.15, 0.2) is 0 Å². The van der Waals surface area contributed by atoms with E-state index in [1.807, 2.05) is 0 Å². The van der Waals surface area contributed by atoms with Gasteiger partial charge in [-0.25, -0.2) is 9.78 Å². The topological polar surface area (TPSA) is 109 Å². The van der Waals surface area contributed by atoms with Crippen LogP contribution in [0.15, 0.2) is 42.6 Å². The summed E-state index contributed by atoms with van der Waals surface area (Å²) in [5.41, 5.74) is 0.119. The Morgan fingerprint density at radius 1 is 1.24 bits per heavy atom. The maximum Gasteiger partial charge on any atom is 0.322 e. The molecule has 1 aromatic carbocycles. The van der Waals surface area contributed by atoms with Crippen molar-refractivity contribution in [2.75, 3.05) is 12.4 Å². The minimum Gasteiger partial charge on any atom is -0.480 e. The van der Waals surface area contributed by atoms with Crippen molar-refractivity contribution < 1.29 is 19.1 Å². The predicted octanol–water partition coefficient (Wildman–Crippen LogP) is 1.40. The molecule has 8 nitrogen and oxygen atoms in total. The second-order valence-electron chi connectivity index (χ2n) is 5.63. The first kappa shape index (κ1) is 16.4. The molecule has 0 aliphatic carbocycles. The van der Waals surface area contributed by atoms with E-state index in [2.05, 4.69) is 20.9 Å². The number of carbonyl (C=O) groups is 3. The van der Waals surface area contributed by atoms with E-state index in [-0.39, 0.29) is 11.4 Å². The van der Waals surface area contributed by atoms with Crippen molar-refractivity contribution in [1.29, 1.82) is 0 Å². The van der Waals surface area contributed by atoms with Crippen LogP contribution in [0.1, 0.15) is 22.8 Å². The van der Waals surface area contributed by atoms with E-state index in [9.17, 15) is 14.4 Å². The number of urea groups is 1. The van der Waals surface area contributed by atoms with Gasteiger partial charge in [0.05, 0.1) is 7.11 Å². The Labute approximate surface area is 143 Å². The average molecular weight is 340 g/mol. The first-order valence-electron chi connectivity index (χ1n) is 7.48. The Balaban J connectivity index is 1.86. The van der Waals surface area contributed by atoms with Crippen LogP contribution in [0, 0.1) is 0 Å². The zero-order chi connectivity index (χ0) is 18.0. The van der Waals surface area contributed by atoms with Gasteiger partial charge in [0.25, 0.3) is 11.8 Å². The van der Waals surface area contributed by atoms with Crippen LogP contribution in [0.4, 0.5) is 10.5 Å². The molecule has 1 atom stereocenters. The van der Waals surface area contributed by atoms with Crippen molar-refractivity contribution in [2.45, 2.75) is 12.5 Å². The highest BCUT2D eigenvalue weighted by Gasteiger charge is 2.43. The van der Waals surface area contributed by atoms with Gasteiger partial charge in [0, 0.05) is 11.9 Å². The minimum absolute atomic E-state index is 0.213. The number of amides is 4. The van der Waals surface area contributed by atoms with Gasteiger partial charge >= 0.3 is 6.03 Å². The Morgan fingerprint density at radius 3 is 2.72 bits per heavy atom. The third kappa shape index (κ3) is 3.01. The number of ether oxygens (including phenoxy) is 1. The van der Waals surface area contributed by atoms with Gasteiger partial charge in [0.1, 0.15) is 11.1 Å². The number of imide groups is 1. The van der Waals surface area contributed by atoms with Gasteiger partial charge in [0.2, 0.25) is 5.88 Å². The lowest BCUT2D eigenvalue weighted by Gasteiger charge is -2.21. The molecular weight excluding hydrogens is 324 g/mol. The van der Waals surface area contributed by atoms with E-state index in [1.165, 1.54) is 13.3 Å².